The fourth-order valence-corrected chi connectivity index (χ4v) is 1.98. The second-order valence-electron chi connectivity index (χ2n) is 6.85. The summed E-state index contributed by atoms with van der Waals surface area (Å²) in [5, 5.41) is 3.63. The van der Waals surface area contributed by atoms with Crippen molar-refractivity contribution in [2.75, 3.05) is 40.4 Å². The lowest BCUT2D eigenvalue weighted by Crippen LogP contribution is -2.46. The molecule has 0 aromatic rings. The van der Waals surface area contributed by atoms with Crippen LogP contribution in [-0.2, 0) is 4.74 Å². The third kappa shape index (κ3) is 8.90. The van der Waals surface area contributed by atoms with Crippen molar-refractivity contribution in [3.63, 3.8) is 0 Å². The topological polar surface area (TPSA) is 24.5 Å². The highest BCUT2D eigenvalue weighted by atomic mass is 16.5. The highest BCUT2D eigenvalue weighted by Crippen LogP contribution is 2.22. The molecule has 0 aromatic carbocycles. The van der Waals surface area contributed by atoms with Gasteiger partial charge in [0.25, 0.3) is 0 Å². The molecule has 0 aliphatic rings. The average Bonchev–Trinajstić information content (AvgIpc) is 2.26. The molecule has 0 amide bonds. The molecule has 0 aliphatic carbocycles. The van der Waals surface area contributed by atoms with E-state index in [2.05, 4.69) is 51.9 Å². The summed E-state index contributed by atoms with van der Waals surface area (Å²) in [6.45, 7) is 15.5. The van der Waals surface area contributed by atoms with Gasteiger partial charge in [-0.2, -0.15) is 0 Å². The smallest absolute Gasteiger partial charge is 0.0474 e. The number of rotatable bonds is 9. The zero-order chi connectivity index (χ0) is 14.2. The third-order valence-corrected chi connectivity index (χ3v) is 3.44. The summed E-state index contributed by atoms with van der Waals surface area (Å²) in [5.41, 5.74) is 0.542. The van der Waals surface area contributed by atoms with Crippen LogP contribution in [0.15, 0.2) is 0 Å². The largest absolute Gasteiger partial charge is 0.385 e. The zero-order valence-corrected chi connectivity index (χ0v) is 13.6. The molecule has 110 valence electrons. The van der Waals surface area contributed by atoms with Gasteiger partial charge in [0, 0.05) is 38.9 Å². The minimum atomic E-state index is 0.199. The lowest BCUT2D eigenvalue weighted by atomic mass is 9.86. The van der Waals surface area contributed by atoms with Crippen LogP contribution in [0.3, 0.4) is 0 Å². The van der Waals surface area contributed by atoms with Crippen molar-refractivity contribution in [1.82, 2.24) is 10.2 Å². The normalized spacial score (nSPS) is 16.0. The van der Waals surface area contributed by atoms with Crippen molar-refractivity contribution >= 4 is 0 Å². The van der Waals surface area contributed by atoms with E-state index in [-0.39, 0.29) is 5.54 Å². The zero-order valence-electron chi connectivity index (χ0n) is 13.6. The molecular formula is C15H34N2O. The van der Waals surface area contributed by atoms with Crippen molar-refractivity contribution < 1.29 is 4.74 Å². The Morgan fingerprint density at radius 2 is 1.78 bits per heavy atom. The van der Waals surface area contributed by atoms with Crippen LogP contribution in [0.4, 0.5) is 0 Å². The molecule has 18 heavy (non-hydrogen) atoms. The second kappa shape index (κ2) is 8.13. The van der Waals surface area contributed by atoms with Crippen LogP contribution in [0, 0.1) is 5.41 Å². The molecule has 0 fully saturated rings. The Hall–Kier alpha value is -0.120. The number of nitrogens with one attached hydrogen (secondary N) is 1. The van der Waals surface area contributed by atoms with Crippen LogP contribution in [0.1, 0.15) is 47.5 Å². The molecule has 1 atom stereocenters. The molecule has 0 aromatic heterocycles. The number of hydrogen-bond acceptors (Lipinski definition) is 3. The average molecular weight is 258 g/mol. The van der Waals surface area contributed by atoms with Gasteiger partial charge in [0.15, 0.2) is 0 Å². The highest BCUT2D eigenvalue weighted by Gasteiger charge is 2.25. The van der Waals surface area contributed by atoms with Crippen LogP contribution < -0.4 is 5.32 Å². The monoisotopic (exact) mass is 258 g/mol. The standard InChI is InChI=1S/C15H34N2O/c1-8-15(5,12-16-14(2,3)4)13-17(6)10-9-11-18-7/h16H,8-13H2,1-7H3. The van der Waals surface area contributed by atoms with E-state index in [9.17, 15) is 0 Å². The maximum absolute atomic E-state index is 5.10. The lowest BCUT2D eigenvalue weighted by molar-refractivity contribution is 0.144. The van der Waals surface area contributed by atoms with Gasteiger partial charge in [-0.1, -0.05) is 13.8 Å². The summed E-state index contributed by atoms with van der Waals surface area (Å²) >= 11 is 0. The van der Waals surface area contributed by atoms with Gasteiger partial charge in [0.05, 0.1) is 0 Å². The van der Waals surface area contributed by atoms with Crippen LogP contribution in [0.5, 0.6) is 0 Å². The summed E-state index contributed by atoms with van der Waals surface area (Å²) in [6.07, 6.45) is 2.31. The molecule has 0 aliphatic heterocycles. The molecule has 0 radical (unpaired) electrons. The first-order valence-corrected chi connectivity index (χ1v) is 7.15. The van der Waals surface area contributed by atoms with E-state index in [1.165, 1.54) is 6.42 Å². The first-order chi connectivity index (χ1) is 8.22. The predicted molar refractivity (Wildman–Crippen MR) is 80.1 cm³/mol. The molecule has 0 saturated heterocycles. The van der Waals surface area contributed by atoms with Gasteiger partial charge >= 0.3 is 0 Å². The molecule has 0 rings (SSSR count). The Balaban J connectivity index is 4.12. The van der Waals surface area contributed by atoms with Gasteiger partial charge in [0.1, 0.15) is 0 Å². The molecule has 0 spiro atoms. The Bertz CT molecular complexity index is 213. The molecule has 1 N–H and O–H groups in total. The van der Waals surface area contributed by atoms with E-state index in [0.717, 1.165) is 32.7 Å². The van der Waals surface area contributed by atoms with Gasteiger partial charge < -0.3 is 15.0 Å². The molecule has 0 saturated carbocycles. The van der Waals surface area contributed by atoms with Crippen molar-refractivity contribution in [3.05, 3.63) is 0 Å². The van der Waals surface area contributed by atoms with E-state index in [0.29, 0.717) is 5.41 Å². The van der Waals surface area contributed by atoms with Crippen molar-refractivity contribution in [2.45, 2.75) is 53.0 Å². The summed E-state index contributed by atoms with van der Waals surface area (Å²) in [6, 6.07) is 0. The molecular weight excluding hydrogens is 224 g/mol. The van der Waals surface area contributed by atoms with E-state index < -0.39 is 0 Å². The Labute approximate surface area is 114 Å². The number of methoxy groups -OCH3 is 1. The summed E-state index contributed by atoms with van der Waals surface area (Å²) < 4.78 is 5.10. The number of ether oxygens (including phenoxy) is 1. The van der Waals surface area contributed by atoms with Gasteiger partial charge in [-0.25, -0.2) is 0 Å². The Morgan fingerprint density at radius 3 is 2.22 bits per heavy atom. The van der Waals surface area contributed by atoms with Crippen molar-refractivity contribution in [3.8, 4) is 0 Å². The van der Waals surface area contributed by atoms with Gasteiger partial charge in [0.2, 0.25) is 0 Å². The maximum atomic E-state index is 5.10. The minimum Gasteiger partial charge on any atom is -0.385 e. The van der Waals surface area contributed by atoms with Crippen LogP contribution in [0.25, 0.3) is 0 Å². The first-order valence-electron chi connectivity index (χ1n) is 7.15. The highest BCUT2D eigenvalue weighted by molar-refractivity contribution is 4.82. The van der Waals surface area contributed by atoms with E-state index >= 15 is 0 Å². The SMILES string of the molecule is CCC(C)(CNC(C)(C)C)CN(C)CCCOC. The fraction of sp³-hybridized carbons (Fsp3) is 1.00. The molecule has 3 heteroatoms. The minimum absolute atomic E-state index is 0.199. The lowest BCUT2D eigenvalue weighted by Gasteiger charge is -2.36. The van der Waals surface area contributed by atoms with Crippen molar-refractivity contribution in [1.29, 1.82) is 0 Å². The van der Waals surface area contributed by atoms with Crippen LogP contribution >= 0.6 is 0 Å². The van der Waals surface area contributed by atoms with Crippen LogP contribution in [0.2, 0.25) is 0 Å². The Morgan fingerprint density at radius 1 is 1.17 bits per heavy atom. The predicted octanol–water partition coefficient (Wildman–Crippen LogP) is 2.76. The quantitative estimate of drug-likeness (QED) is 0.644. The molecule has 0 heterocycles. The third-order valence-electron chi connectivity index (χ3n) is 3.44. The summed E-state index contributed by atoms with van der Waals surface area (Å²) in [4.78, 5) is 2.42. The first kappa shape index (κ1) is 17.9. The molecule has 3 nitrogen and oxygen atoms in total. The maximum Gasteiger partial charge on any atom is 0.0474 e. The molecule has 0 bridgehead atoms. The van der Waals surface area contributed by atoms with E-state index in [1.54, 1.807) is 7.11 Å². The summed E-state index contributed by atoms with van der Waals surface area (Å²) in [5.74, 6) is 0. The number of nitrogens with zero attached hydrogens (tertiary/aromatic N) is 1. The second-order valence-corrected chi connectivity index (χ2v) is 6.85. The molecule has 1 unspecified atom stereocenters. The summed E-state index contributed by atoms with van der Waals surface area (Å²) in [7, 11) is 3.98. The van der Waals surface area contributed by atoms with E-state index in [1.807, 2.05) is 0 Å². The van der Waals surface area contributed by atoms with Gasteiger partial charge in [-0.05, 0) is 46.1 Å². The van der Waals surface area contributed by atoms with E-state index in [4.69, 9.17) is 4.74 Å². The van der Waals surface area contributed by atoms with Gasteiger partial charge in [-0.15, -0.1) is 0 Å². The van der Waals surface area contributed by atoms with Crippen molar-refractivity contribution in [2.24, 2.45) is 5.41 Å². The Kier molecular flexibility index (Phi) is 8.08. The number of hydrogen-bond donors (Lipinski definition) is 1. The van der Waals surface area contributed by atoms with Crippen LogP contribution in [-0.4, -0.2) is 50.8 Å². The van der Waals surface area contributed by atoms with Gasteiger partial charge in [-0.3, -0.25) is 0 Å². The fourth-order valence-electron chi connectivity index (χ4n) is 1.98.